The molecule has 0 spiro atoms. The normalized spacial score (nSPS) is 11.0. The van der Waals surface area contributed by atoms with Gasteiger partial charge in [-0.15, -0.1) is 0 Å². The predicted molar refractivity (Wildman–Crippen MR) is 73.8 cm³/mol. The quantitative estimate of drug-likeness (QED) is 0.440. The number of ketones is 2. The molecule has 112 valence electrons. The summed E-state index contributed by atoms with van der Waals surface area (Å²) in [7, 11) is -4.74. The largest absolute Gasteiger partial charge is 2.00 e. The molecular weight excluding hydrogens is 340 g/mol. The van der Waals surface area contributed by atoms with E-state index in [4.69, 9.17) is 4.42 Å². The number of hydrogen-bond acceptors (Lipinski definition) is 7. The molecule has 0 saturated carbocycles. The Hall–Kier alpha value is -0.930. The molecule has 0 radical (unpaired) electrons. The molecule has 0 N–H and O–H groups in total. The first kappa shape index (κ1) is 19.1. The van der Waals surface area contributed by atoms with Crippen LogP contribution in [0.3, 0.4) is 0 Å². The average molecular weight is 351 g/mol. The summed E-state index contributed by atoms with van der Waals surface area (Å²) in [5, 5.41) is -0.821. The summed E-state index contributed by atoms with van der Waals surface area (Å²) in [5.74, 6) is -0.447. The molecule has 2 heterocycles. The second kappa shape index (κ2) is 7.56. The van der Waals surface area contributed by atoms with Crippen LogP contribution in [0.5, 0.6) is 0 Å². The van der Waals surface area contributed by atoms with Crippen molar-refractivity contribution in [1.29, 1.82) is 0 Å². The van der Waals surface area contributed by atoms with E-state index >= 15 is 0 Å². The van der Waals surface area contributed by atoms with E-state index in [0.29, 0.717) is 5.76 Å². The Morgan fingerprint density at radius 2 is 1.50 bits per heavy atom. The van der Waals surface area contributed by atoms with E-state index in [0.717, 1.165) is 12.1 Å². The van der Waals surface area contributed by atoms with Gasteiger partial charge in [0.2, 0.25) is 5.09 Å². The smallest absolute Gasteiger partial charge is 0.742 e. The van der Waals surface area contributed by atoms with Crippen molar-refractivity contribution in [2.45, 2.75) is 24.9 Å². The van der Waals surface area contributed by atoms with Crippen LogP contribution >= 0.6 is 0 Å². The molecule has 22 heavy (non-hydrogen) atoms. The van der Waals surface area contributed by atoms with Gasteiger partial charge in [-0.25, -0.2) is 8.42 Å². The predicted octanol–water partition coefficient (Wildman–Crippen LogP) is 1.55. The molecule has 7 nitrogen and oxygen atoms in total. The third-order valence-corrected chi connectivity index (χ3v) is 3.41. The maximum Gasteiger partial charge on any atom is 2.00 e. The molecule has 0 unspecified atom stereocenters. The first-order valence-electron chi connectivity index (χ1n) is 5.96. The van der Waals surface area contributed by atoms with Crippen LogP contribution in [0, 0.1) is 6.92 Å². The molecule has 0 aliphatic carbocycles. The Bertz CT molecular complexity index is 785. The van der Waals surface area contributed by atoms with E-state index in [2.05, 4.69) is 4.42 Å². The van der Waals surface area contributed by atoms with Gasteiger partial charge in [-0.05, 0) is 31.2 Å². The van der Waals surface area contributed by atoms with Crippen LogP contribution in [0.1, 0.15) is 39.7 Å². The Morgan fingerprint density at radius 1 is 1.00 bits per heavy atom. The summed E-state index contributed by atoms with van der Waals surface area (Å²) in [6.45, 7) is 1.69. The van der Waals surface area contributed by atoms with Crippen molar-refractivity contribution in [2.24, 2.45) is 0 Å². The van der Waals surface area contributed by atoms with Gasteiger partial charge in [0.05, 0.1) is 0 Å². The van der Waals surface area contributed by atoms with Crippen molar-refractivity contribution in [3.63, 3.8) is 0 Å². The molecule has 0 aliphatic heterocycles. The Kier molecular flexibility index (Phi) is 6.57. The van der Waals surface area contributed by atoms with E-state index in [1.165, 1.54) is 6.07 Å². The summed E-state index contributed by atoms with van der Waals surface area (Å²) >= 11 is 0. The molecule has 0 atom stereocenters. The molecule has 2 rings (SSSR count). The molecule has 0 bridgehead atoms. The second-order valence-electron chi connectivity index (χ2n) is 4.33. The maximum absolute atomic E-state index is 11.8. The van der Waals surface area contributed by atoms with E-state index in [1.807, 2.05) is 0 Å². The van der Waals surface area contributed by atoms with Crippen LogP contribution in [0.4, 0.5) is 0 Å². The fourth-order valence-electron chi connectivity index (χ4n) is 1.66. The van der Waals surface area contributed by atoms with Crippen LogP contribution in [0.15, 0.2) is 38.2 Å². The number of furan rings is 2. The minimum atomic E-state index is -4.74. The number of carbonyl (C=O) groups excluding carboxylic acids is 2. The van der Waals surface area contributed by atoms with Crippen LogP contribution < -0.4 is 0 Å². The van der Waals surface area contributed by atoms with E-state index < -0.39 is 21.0 Å². The molecule has 0 saturated heterocycles. The third kappa shape index (κ3) is 4.79. The van der Waals surface area contributed by atoms with E-state index in [1.54, 1.807) is 13.0 Å². The minimum Gasteiger partial charge on any atom is -0.742 e. The summed E-state index contributed by atoms with van der Waals surface area (Å²) in [4.78, 5) is 23.5. The van der Waals surface area contributed by atoms with Crippen molar-refractivity contribution in [2.75, 3.05) is 0 Å². The van der Waals surface area contributed by atoms with E-state index in [9.17, 15) is 22.6 Å². The molecule has 2 aromatic heterocycles. The zero-order valence-electron chi connectivity index (χ0n) is 11.7. The molecule has 0 aromatic carbocycles. The summed E-state index contributed by atoms with van der Waals surface area (Å²) in [6, 6.07) is 5.14. The first-order chi connectivity index (χ1) is 9.77. The number of rotatable bonds is 6. The fraction of sp³-hybridized carbons (Fsp3) is 0.231. The van der Waals surface area contributed by atoms with Gasteiger partial charge in [0.1, 0.15) is 5.76 Å². The van der Waals surface area contributed by atoms with Gasteiger partial charge in [0.25, 0.3) is 0 Å². The maximum atomic E-state index is 11.8. The summed E-state index contributed by atoms with van der Waals surface area (Å²) in [6.07, 6.45) is -0.281. The van der Waals surface area contributed by atoms with Crippen LogP contribution in [-0.2, 0) is 10.1 Å². The van der Waals surface area contributed by atoms with Gasteiger partial charge in [-0.3, -0.25) is 9.59 Å². The summed E-state index contributed by atoms with van der Waals surface area (Å²) < 4.78 is 41.9. The van der Waals surface area contributed by atoms with Crippen molar-refractivity contribution < 1.29 is 31.4 Å². The van der Waals surface area contributed by atoms with Gasteiger partial charge in [-0.2, -0.15) is 0 Å². The second-order valence-corrected chi connectivity index (χ2v) is 5.64. The van der Waals surface area contributed by atoms with Gasteiger partial charge < -0.3 is 13.4 Å². The number of hydrogen-bond donors (Lipinski definition) is 0. The Morgan fingerprint density at radius 3 is 1.91 bits per heavy atom. The van der Waals surface area contributed by atoms with Crippen molar-refractivity contribution >= 4 is 59.4 Å². The molecule has 0 aliphatic rings. The van der Waals surface area contributed by atoms with Crippen LogP contribution in [0.2, 0.25) is 0 Å². The Balaban J connectivity index is 0.00000242. The van der Waals surface area contributed by atoms with Gasteiger partial charge in [0, 0.05) is 12.8 Å². The standard InChI is InChI=1S/C13H12O7S.Ca/c1-8-2-5-11(19-8)9(14)3-4-10(15)12-6-7-13(20-12)21(16,17)18;/h2,5-7H,3-4H2,1H3,(H,16,17,18);/q;+2/p-1. The van der Waals surface area contributed by atoms with Gasteiger partial charge in [-0.1, -0.05) is 0 Å². The van der Waals surface area contributed by atoms with Crippen LogP contribution in [-0.4, -0.2) is 62.3 Å². The molecule has 0 fully saturated rings. The average Bonchev–Trinajstić information content (AvgIpc) is 3.03. The summed E-state index contributed by atoms with van der Waals surface area (Å²) in [5.41, 5.74) is 0. The fourth-order valence-corrected chi connectivity index (χ4v) is 2.09. The van der Waals surface area contributed by atoms with Crippen molar-refractivity contribution in [1.82, 2.24) is 0 Å². The number of carbonyl (C=O) groups is 2. The van der Waals surface area contributed by atoms with Crippen molar-refractivity contribution in [3.8, 4) is 0 Å². The van der Waals surface area contributed by atoms with Crippen LogP contribution in [0.25, 0.3) is 0 Å². The zero-order valence-corrected chi connectivity index (χ0v) is 14.7. The number of aryl methyl sites for hydroxylation is 1. The SMILES string of the molecule is Cc1ccc(C(=O)CCC(=O)c2ccc(S(=O)(=O)[O-])o2)o1.[Ca+2]. The topological polar surface area (TPSA) is 118 Å². The monoisotopic (exact) mass is 351 g/mol. The van der Waals surface area contributed by atoms with Crippen molar-refractivity contribution in [3.05, 3.63) is 41.5 Å². The molecule has 2 aromatic rings. The van der Waals surface area contributed by atoms with E-state index in [-0.39, 0.29) is 67.9 Å². The zero-order chi connectivity index (χ0) is 15.6. The number of Topliss-reactive ketones (excluding diaryl/α,β-unsaturated/α-hetero) is 2. The van der Waals surface area contributed by atoms with Gasteiger partial charge in [0.15, 0.2) is 33.2 Å². The Labute approximate surface area is 156 Å². The molecular formula is C13H11CaO7S+. The molecule has 0 amide bonds. The first-order valence-corrected chi connectivity index (χ1v) is 7.37. The third-order valence-electron chi connectivity index (χ3n) is 2.70. The molecule has 9 heteroatoms. The minimum absolute atomic E-state index is 0. The van der Waals surface area contributed by atoms with Gasteiger partial charge >= 0.3 is 37.7 Å².